The summed E-state index contributed by atoms with van der Waals surface area (Å²) in [5, 5.41) is 11.1. The number of aromatic nitrogens is 2. The largest absolute Gasteiger partial charge is 0.508 e. The van der Waals surface area contributed by atoms with Crippen molar-refractivity contribution >= 4 is 39.9 Å². The second-order valence-corrected chi connectivity index (χ2v) is 7.78. The van der Waals surface area contributed by atoms with Gasteiger partial charge in [0, 0.05) is 22.7 Å². The van der Waals surface area contributed by atoms with Gasteiger partial charge in [-0.15, -0.1) is 11.3 Å². The van der Waals surface area contributed by atoms with Crippen LogP contribution in [0.2, 0.25) is 5.02 Å². The van der Waals surface area contributed by atoms with Gasteiger partial charge in [0.05, 0.1) is 18.1 Å². The van der Waals surface area contributed by atoms with E-state index in [2.05, 4.69) is 4.98 Å². The van der Waals surface area contributed by atoms with E-state index < -0.39 is 5.97 Å². The lowest BCUT2D eigenvalue weighted by atomic mass is 10.1. The Morgan fingerprint density at radius 2 is 2.03 bits per heavy atom. The summed E-state index contributed by atoms with van der Waals surface area (Å²) < 4.78 is 12.8. The first kappa shape index (κ1) is 19.3. The molecule has 29 heavy (non-hydrogen) atoms. The first-order chi connectivity index (χ1) is 14.0. The van der Waals surface area contributed by atoms with Gasteiger partial charge < -0.3 is 14.6 Å². The standard InChI is InChI=1S/C21H17ClN2O4S/c1-12(14-5-3-4-6-15(14)22)28-18-10-19(29-20(18)21(26)27-2)24-11-23-16-8-7-13(25)9-17(16)24/h3-12,25H,1-2H3. The van der Waals surface area contributed by atoms with Crippen molar-refractivity contribution in [1.29, 1.82) is 0 Å². The molecule has 2 aromatic carbocycles. The van der Waals surface area contributed by atoms with Crippen molar-refractivity contribution in [3.8, 4) is 16.5 Å². The van der Waals surface area contributed by atoms with E-state index >= 15 is 0 Å². The van der Waals surface area contributed by atoms with E-state index in [1.165, 1.54) is 18.4 Å². The number of esters is 1. The number of hydrogen-bond donors (Lipinski definition) is 1. The molecule has 0 fully saturated rings. The summed E-state index contributed by atoms with van der Waals surface area (Å²) in [6, 6.07) is 14.1. The van der Waals surface area contributed by atoms with Gasteiger partial charge in [0.25, 0.3) is 0 Å². The minimum atomic E-state index is -0.491. The fraction of sp³-hybridized carbons (Fsp3) is 0.143. The molecule has 1 atom stereocenters. The first-order valence-corrected chi connectivity index (χ1v) is 9.97. The van der Waals surface area contributed by atoms with Crippen molar-refractivity contribution < 1.29 is 19.4 Å². The van der Waals surface area contributed by atoms with Gasteiger partial charge in [0.2, 0.25) is 0 Å². The zero-order valence-electron chi connectivity index (χ0n) is 15.6. The van der Waals surface area contributed by atoms with Gasteiger partial charge in [-0.3, -0.25) is 4.57 Å². The van der Waals surface area contributed by atoms with E-state index in [1.807, 2.05) is 25.1 Å². The van der Waals surface area contributed by atoms with Crippen molar-refractivity contribution in [2.45, 2.75) is 13.0 Å². The second-order valence-electron chi connectivity index (χ2n) is 6.34. The summed E-state index contributed by atoms with van der Waals surface area (Å²) in [4.78, 5) is 17.0. The van der Waals surface area contributed by atoms with Crippen LogP contribution >= 0.6 is 22.9 Å². The maximum atomic E-state index is 12.3. The number of benzene rings is 2. The third-order valence-electron chi connectivity index (χ3n) is 4.47. The number of methoxy groups -OCH3 is 1. The zero-order chi connectivity index (χ0) is 20.5. The number of carbonyl (C=O) groups is 1. The molecule has 2 heterocycles. The molecule has 0 bridgehead atoms. The predicted octanol–water partition coefficient (Wildman–Crippen LogP) is 5.37. The third kappa shape index (κ3) is 3.66. The topological polar surface area (TPSA) is 73.6 Å². The van der Waals surface area contributed by atoms with E-state index in [4.69, 9.17) is 21.1 Å². The van der Waals surface area contributed by atoms with Crippen LogP contribution in [0, 0.1) is 0 Å². The van der Waals surface area contributed by atoms with Crippen LogP contribution in [0.1, 0.15) is 28.3 Å². The molecule has 0 spiro atoms. The number of nitrogens with zero attached hydrogens (tertiary/aromatic N) is 2. The highest BCUT2D eigenvalue weighted by atomic mass is 35.5. The number of rotatable bonds is 5. The van der Waals surface area contributed by atoms with Crippen LogP contribution in [0.15, 0.2) is 54.9 Å². The summed E-state index contributed by atoms with van der Waals surface area (Å²) in [5.74, 6) is 0.0361. The van der Waals surface area contributed by atoms with Gasteiger partial charge in [-0.2, -0.15) is 0 Å². The number of hydrogen-bond acceptors (Lipinski definition) is 6. The van der Waals surface area contributed by atoms with Crippen molar-refractivity contribution in [1.82, 2.24) is 9.55 Å². The van der Waals surface area contributed by atoms with Gasteiger partial charge in [0.15, 0.2) is 4.88 Å². The lowest BCUT2D eigenvalue weighted by Gasteiger charge is -2.16. The van der Waals surface area contributed by atoms with Crippen LogP contribution in [0.3, 0.4) is 0 Å². The number of phenolic OH excluding ortho intramolecular Hbond substituents is 1. The van der Waals surface area contributed by atoms with Crippen LogP contribution in [-0.2, 0) is 4.74 Å². The summed E-state index contributed by atoms with van der Waals surface area (Å²) in [5.41, 5.74) is 2.26. The zero-order valence-corrected chi connectivity index (χ0v) is 17.2. The minimum Gasteiger partial charge on any atom is -0.508 e. The summed E-state index contributed by atoms with van der Waals surface area (Å²) in [7, 11) is 1.33. The molecule has 1 N–H and O–H groups in total. The van der Waals surface area contributed by atoms with Crippen molar-refractivity contribution in [3.05, 3.63) is 70.3 Å². The minimum absolute atomic E-state index is 0.132. The SMILES string of the molecule is COC(=O)c1sc(-n2cnc3ccc(O)cc32)cc1OC(C)c1ccccc1Cl. The molecule has 0 aliphatic carbocycles. The van der Waals surface area contributed by atoms with Crippen LogP contribution in [0.5, 0.6) is 11.5 Å². The number of thiophene rings is 1. The quantitative estimate of drug-likeness (QED) is 0.432. The maximum Gasteiger partial charge on any atom is 0.351 e. The molecule has 0 saturated heterocycles. The number of phenols is 1. The van der Waals surface area contributed by atoms with Crippen LogP contribution in [0.4, 0.5) is 0 Å². The molecule has 148 valence electrons. The normalized spacial score (nSPS) is 12.1. The Balaban J connectivity index is 1.76. The number of carbonyl (C=O) groups excluding carboxylic acids is 1. The fourth-order valence-electron chi connectivity index (χ4n) is 3.03. The van der Waals surface area contributed by atoms with E-state index in [0.29, 0.717) is 26.2 Å². The molecule has 0 aliphatic rings. The Bertz CT molecular complexity index is 1200. The van der Waals surface area contributed by atoms with Gasteiger partial charge in [-0.05, 0) is 25.1 Å². The summed E-state index contributed by atoms with van der Waals surface area (Å²) >= 11 is 7.50. The average molecular weight is 429 g/mol. The smallest absolute Gasteiger partial charge is 0.351 e. The van der Waals surface area contributed by atoms with E-state index in [9.17, 15) is 9.90 Å². The average Bonchev–Trinajstić information content (AvgIpc) is 3.31. The number of halogens is 1. The molecule has 0 amide bonds. The van der Waals surface area contributed by atoms with Crippen LogP contribution in [-0.4, -0.2) is 27.7 Å². The molecule has 0 saturated carbocycles. The first-order valence-electron chi connectivity index (χ1n) is 8.77. The van der Waals surface area contributed by atoms with Crippen molar-refractivity contribution in [2.75, 3.05) is 7.11 Å². The van der Waals surface area contributed by atoms with Gasteiger partial charge in [0.1, 0.15) is 28.9 Å². The molecule has 4 rings (SSSR count). The molecule has 0 aliphatic heterocycles. The van der Waals surface area contributed by atoms with Gasteiger partial charge >= 0.3 is 5.97 Å². The summed E-state index contributed by atoms with van der Waals surface area (Å²) in [6.07, 6.45) is 1.26. The third-order valence-corrected chi connectivity index (χ3v) is 5.91. The monoisotopic (exact) mass is 428 g/mol. The highest BCUT2D eigenvalue weighted by Gasteiger charge is 2.23. The lowest BCUT2D eigenvalue weighted by Crippen LogP contribution is -2.07. The summed E-state index contributed by atoms with van der Waals surface area (Å²) in [6.45, 7) is 1.87. The maximum absolute atomic E-state index is 12.3. The Morgan fingerprint density at radius 1 is 1.24 bits per heavy atom. The van der Waals surface area contributed by atoms with Crippen molar-refractivity contribution in [3.63, 3.8) is 0 Å². The molecular weight excluding hydrogens is 412 g/mol. The molecule has 6 nitrogen and oxygen atoms in total. The molecule has 2 aromatic heterocycles. The lowest BCUT2D eigenvalue weighted by molar-refractivity contribution is 0.0600. The Kier molecular flexibility index (Phi) is 5.17. The molecule has 0 radical (unpaired) electrons. The molecule has 4 aromatic rings. The number of aromatic hydroxyl groups is 1. The Hall–Kier alpha value is -3.03. The van der Waals surface area contributed by atoms with Crippen molar-refractivity contribution in [2.24, 2.45) is 0 Å². The van der Waals surface area contributed by atoms with Gasteiger partial charge in [-0.25, -0.2) is 9.78 Å². The number of imidazole rings is 1. The van der Waals surface area contributed by atoms with E-state index in [0.717, 1.165) is 11.1 Å². The number of ether oxygens (including phenoxy) is 2. The second kappa shape index (κ2) is 7.77. The molecular formula is C21H17ClN2O4S. The highest BCUT2D eigenvalue weighted by molar-refractivity contribution is 7.16. The Labute approximate surface area is 175 Å². The predicted molar refractivity (Wildman–Crippen MR) is 112 cm³/mol. The fourth-order valence-corrected chi connectivity index (χ4v) is 4.32. The van der Waals surface area contributed by atoms with Crippen LogP contribution in [0.25, 0.3) is 16.0 Å². The highest BCUT2D eigenvalue weighted by Crippen LogP contribution is 2.37. The van der Waals surface area contributed by atoms with Gasteiger partial charge in [-0.1, -0.05) is 29.8 Å². The molecule has 1 unspecified atom stereocenters. The van der Waals surface area contributed by atoms with E-state index in [1.54, 1.807) is 41.2 Å². The van der Waals surface area contributed by atoms with Crippen LogP contribution < -0.4 is 4.74 Å². The molecule has 8 heteroatoms. The Morgan fingerprint density at radius 3 is 2.79 bits per heavy atom. The number of fused-ring (bicyclic) bond motifs is 1. The van der Waals surface area contributed by atoms with E-state index in [-0.39, 0.29) is 11.9 Å².